The van der Waals surface area contributed by atoms with E-state index in [1.807, 2.05) is 30.3 Å². The van der Waals surface area contributed by atoms with Crippen LogP contribution in [0.5, 0.6) is 5.75 Å². The van der Waals surface area contributed by atoms with Crippen LogP contribution in [0.4, 0.5) is 5.69 Å². The normalized spacial score (nSPS) is 15.1. The van der Waals surface area contributed by atoms with E-state index in [1.54, 1.807) is 7.11 Å². The van der Waals surface area contributed by atoms with E-state index in [1.165, 1.54) is 11.1 Å². The number of aliphatic imine (C=N–C) groups is 1. The van der Waals surface area contributed by atoms with Crippen molar-refractivity contribution in [2.24, 2.45) is 10.7 Å². The van der Waals surface area contributed by atoms with Crippen molar-refractivity contribution >= 4 is 35.6 Å². The lowest BCUT2D eigenvalue weighted by Crippen LogP contribution is -2.35. The Hall–Kier alpha value is -1.84. The van der Waals surface area contributed by atoms with E-state index in [2.05, 4.69) is 33.4 Å². The Kier molecular flexibility index (Phi) is 8.83. The van der Waals surface area contributed by atoms with Gasteiger partial charge in [-0.15, -0.1) is 24.0 Å². The van der Waals surface area contributed by atoms with Gasteiger partial charge in [0.1, 0.15) is 5.75 Å². The Balaban J connectivity index is 0.00000261. The number of morpholine rings is 1. The Bertz CT molecular complexity index is 731. The molecule has 0 amide bonds. The fourth-order valence-electron chi connectivity index (χ4n) is 2.90. The quantitative estimate of drug-likeness (QED) is 0.376. The number of guanidine groups is 1. The summed E-state index contributed by atoms with van der Waals surface area (Å²) < 4.78 is 10.6. The van der Waals surface area contributed by atoms with Crippen LogP contribution < -0.4 is 15.8 Å². The van der Waals surface area contributed by atoms with Crippen LogP contribution >= 0.6 is 24.0 Å². The van der Waals surface area contributed by atoms with Gasteiger partial charge in [-0.1, -0.05) is 24.3 Å². The average molecular weight is 482 g/mol. The van der Waals surface area contributed by atoms with Crippen molar-refractivity contribution in [2.75, 3.05) is 38.7 Å². The number of hydrogen-bond donors (Lipinski definition) is 2. The van der Waals surface area contributed by atoms with Gasteiger partial charge in [-0.25, -0.2) is 4.99 Å². The maximum absolute atomic E-state index is 6.04. The molecule has 27 heavy (non-hydrogen) atoms. The second kappa shape index (κ2) is 11.1. The van der Waals surface area contributed by atoms with Gasteiger partial charge in [0.15, 0.2) is 5.96 Å². The number of halogens is 1. The van der Waals surface area contributed by atoms with E-state index in [0.717, 1.165) is 44.3 Å². The molecule has 0 atom stereocenters. The first-order chi connectivity index (χ1) is 12.7. The summed E-state index contributed by atoms with van der Waals surface area (Å²) in [4.78, 5) is 6.90. The monoisotopic (exact) mass is 482 g/mol. The molecular weight excluding hydrogens is 455 g/mol. The van der Waals surface area contributed by atoms with Gasteiger partial charge in [-0.2, -0.15) is 0 Å². The minimum absolute atomic E-state index is 0. The maximum atomic E-state index is 6.04. The smallest absolute Gasteiger partial charge is 0.193 e. The van der Waals surface area contributed by atoms with E-state index in [9.17, 15) is 0 Å². The zero-order chi connectivity index (χ0) is 18.2. The van der Waals surface area contributed by atoms with Crippen molar-refractivity contribution in [1.82, 2.24) is 4.90 Å². The SMILES string of the molecule is COc1ccc(NC(N)=NCc2ccccc2CN2CCOCC2)cc1.I. The molecule has 1 heterocycles. The molecule has 146 valence electrons. The molecule has 0 spiro atoms. The number of methoxy groups -OCH3 is 1. The molecule has 2 aromatic rings. The first kappa shape index (κ1) is 21.5. The first-order valence-corrected chi connectivity index (χ1v) is 8.82. The Labute approximate surface area is 177 Å². The number of anilines is 1. The molecule has 1 aliphatic rings. The minimum Gasteiger partial charge on any atom is -0.497 e. The van der Waals surface area contributed by atoms with Crippen LogP contribution in [0.3, 0.4) is 0 Å². The van der Waals surface area contributed by atoms with E-state index in [4.69, 9.17) is 15.2 Å². The predicted octanol–water partition coefficient (Wildman–Crippen LogP) is 3.07. The van der Waals surface area contributed by atoms with E-state index in [-0.39, 0.29) is 24.0 Å². The lowest BCUT2D eigenvalue weighted by Gasteiger charge is -2.27. The van der Waals surface area contributed by atoms with E-state index >= 15 is 0 Å². The number of ether oxygens (including phenoxy) is 2. The standard InChI is InChI=1S/C20H26N4O2.HI/c1-25-19-8-6-18(7-9-19)23-20(21)22-14-16-4-2-3-5-17(16)15-24-10-12-26-13-11-24;/h2-9H,10-15H2,1H3,(H3,21,22,23);1H. The summed E-state index contributed by atoms with van der Waals surface area (Å²) in [6.45, 7) is 5.02. The van der Waals surface area contributed by atoms with Crippen LogP contribution in [0, 0.1) is 0 Å². The molecule has 1 fully saturated rings. The lowest BCUT2D eigenvalue weighted by atomic mass is 10.1. The highest BCUT2D eigenvalue weighted by molar-refractivity contribution is 14.0. The summed E-state index contributed by atoms with van der Waals surface area (Å²) in [5.74, 6) is 1.21. The third kappa shape index (κ3) is 6.67. The molecule has 3 rings (SSSR count). The molecule has 0 saturated carbocycles. The molecular formula is C20H27IN4O2. The number of nitrogens with zero attached hydrogens (tertiary/aromatic N) is 2. The summed E-state index contributed by atoms with van der Waals surface area (Å²) in [5.41, 5.74) is 9.40. The highest BCUT2D eigenvalue weighted by Gasteiger charge is 2.12. The van der Waals surface area contributed by atoms with Crippen molar-refractivity contribution in [3.8, 4) is 5.75 Å². The third-order valence-electron chi connectivity index (χ3n) is 4.40. The van der Waals surface area contributed by atoms with Gasteiger partial charge >= 0.3 is 0 Å². The summed E-state index contributed by atoms with van der Waals surface area (Å²) in [7, 11) is 1.65. The second-order valence-corrected chi connectivity index (χ2v) is 6.21. The third-order valence-corrected chi connectivity index (χ3v) is 4.40. The minimum atomic E-state index is 0. The zero-order valence-electron chi connectivity index (χ0n) is 15.6. The van der Waals surface area contributed by atoms with Gasteiger partial charge in [0, 0.05) is 25.3 Å². The Morgan fingerprint density at radius 1 is 1.11 bits per heavy atom. The molecule has 3 N–H and O–H groups in total. The summed E-state index contributed by atoms with van der Waals surface area (Å²) in [6.07, 6.45) is 0. The lowest BCUT2D eigenvalue weighted by molar-refractivity contribution is 0.0341. The van der Waals surface area contributed by atoms with Crippen LogP contribution in [-0.2, 0) is 17.8 Å². The maximum Gasteiger partial charge on any atom is 0.193 e. The van der Waals surface area contributed by atoms with Crippen molar-refractivity contribution in [3.63, 3.8) is 0 Å². The van der Waals surface area contributed by atoms with Crippen LogP contribution in [0.15, 0.2) is 53.5 Å². The van der Waals surface area contributed by atoms with Crippen molar-refractivity contribution < 1.29 is 9.47 Å². The number of hydrogen-bond acceptors (Lipinski definition) is 4. The number of benzene rings is 2. The number of rotatable bonds is 6. The molecule has 0 aliphatic carbocycles. The van der Waals surface area contributed by atoms with Gasteiger partial charge in [-0.05, 0) is 35.4 Å². The molecule has 6 nitrogen and oxygen atoms in total. The van der Waals surface area contributed by atoms with E-state index in [0.29, 0.717) is 12.5 Å². The topological polar surface area (TPSA) is 72.1 Å². The summed E-state index contributed by atoms with van der Waals surface area (Å²) in [5, 5.41) is 3.11. The Morgan fingerprint density at radius 2 is 1.78 bits per heavy atom. The Morgan fingerprint density at radius 3 is 2.44 bits per heavy atom. The van der Waals surface area contributed by atoms with Crippen molar-refractivity contribution in [2.45, 2.75) is 13.1 Å². The number of nitrogens with two attached hydrogens (primary N) is 1. The highest BCUT2D eigenvalue weighted by Crippen LogP contribution is 2.16. The fourth-order valence-corrected chi connectivity index (χ4v) is 2.90. The number of nitrogens with one attached hydrogen (secondary N) is 1. The molecule has 2 aromatic carbocycles. The molecule has 0 radical (unpaired) electrons. The van der Waals surface area contributed by atoms with Crippen LogP contribution in [0.1, 0.15) is 11.1 Å². The second-order valence-electron chi connectivity index (χ2n) is 6.21. The molecule has 1 saturated heterocycles. The zero-order valence-corrected chi connectivity index (χ0v) is 17.9. The van der Waals surface area contributed by atoms with Crippen LogP contribution in [0.2, 0.25) is 0 Å². The summed E-state index contributed by atoms with van der Waals surface area (Å²) in [6, 6.07) is 16.0. The first-order valence-electron chi connectivity index (χ1n) is 8.82. The van der Waals surface area contributed by atoms with Gasteiger partial charge in [0.25, 0.3) is 0 Å². The van der Waals surface area contributed by atoms with Gasteiger partial charge < -0.3 is 20.5 Å². The largest absolute Gasteiger partial charge is 0.497 e. The van der Waals surface area contributed by atoms with E-state index < -0.39 is 0 Å². The predicted molar refractivity (Wildman–Crippen MR) is 120 cm³/mol. The van der Waals surface area contributed by atoms with Gasteiger partial charge in [0.05, 0.1) is 26.9 Å². The average Bonchev–Trinajstić information content (AvgIpc) is 2.69. The van der Waals surface area contributed by atoms with Crippen LogP contribution in [0.25, 0.3) is 0 Å². The highest BCUT2D eigenvalue weighted by atomic mass is 127. The molecule has 7 heteroatoms. The molecule has 1 aliphatic heterocycles. The molecule has 0 bridgehead atoms. The fraction of sp³-hybridized carbons (Fsp3) is 0.350. The molecule has 0 unspecified atom stereocenters. The van der Waals surface area contributed by atoms with Gasteiger partial charge in [-0.3, -0.25) is 4.90 Å². The van der Waals surface area contributed by atoms with Crippen LogP contribution in [-0.4, -0.2) is 44.3 Å². The van der Waals surface area contributed by atoms with Crippen molar-refractivity contribution in [3.05, 3.63) is 59.7 Å². The summed E-state index contributed by atoms with van der Waals surface area (Å²) >= 11 is 0. The van der Waals surface area contributed by atoms with Crippen molar-refractivity contribution in [1.29, 1.82) is 0 Å². The molecule has 0 aromatic heterocycles. The van der Waals surface area contributed by atoms with Gasteiger partial charge in [0.2, 0.25) is 0 Å².